The van der Waals surface area contributed by atoms with Crippen LogP contribution in [0.2, 0.25) is 0 Å². The van der Waals surface area contributed by atoms with Gasteiger partial charge in [-0.15, -0.1) is 5.10 Å². The summed E-state index contributed by atoms with van der Waals surface area (Å²) < 4.78 is 54.3. The number of rotatable bonds is 8. The molecular formula is C33H27F2N5O5S. The number of nitrogens with zero attached hydrogens (tertiary/aromatic N) is 4. The standard InChI is InChI=1S/C33H27F2N5O5S/c1-36-32(41)30-25-15-23(27(39(2)46(4)43)16-29(25)45-31(30)18-5-9-21(34)10-6-18)19-8-12-26-24(13-19)33(42)40(38-37-26)17-20-7-11-22(35)14-28(20)44-3/h5-16H,17H2,1-4H3,(H,36,41). The van der Waals surface area contributed by atoms with E-state index in [2.05, 4.69) is 15.6 Å². The number of furan rings is 1. The van der Waals surface area contributed by atoms with Crippen LogP contribution < -0.4 is 19.9 Å². The number of aromatic nitrogens is 3. The average Bonchev–Trinajstić information content (AvgIpc) is 3.44. The van der Waals surface area contributed by atoms with E-state index in [1.807, 2.05) is 0 Å². The summed E-state index contributed by atoms with van der Waals surface area (Å²) in [6, 6.07) is 18.1. The number of anilines is 1. The lowest BCUT2D eigenvalue weighted by Crippen LogP contribution is -2.25. The molecule has 13 heteroatoms. The Morgan fingerprint density at radius 3 is 2.41 bits per heavy atom. The minimum absolute atomic E-state index is 0.0130. The van der Waals surface area contributed by atoms with Crippen LogP contribution in [-0.4, -0.2) is 52.6 Å². The molecule has 10 nitrogen and oxygen atoms in total. The minimum Gasteiger partial charge on any atom is -0.496 e. The zero-order valence-electron chi connectivity index (χ0n) is 25.1. The molecule has 2 aromatic heterocycles. The maximum absolute atomic E-state index is 13.8. The number of fused-ring (bicyclic) bond motifs is 2. The topological polar surface area (TPSA) is 120 Å². The number of nitrogens with one attached hydrogen (secondary N) is 1. The van der Waals surface area contributed by atoms with Gasteiger partial charge in [-0.1, -0.05) is 17.3 Å². The highest BCUT2D eigenvalue weighted by atomic mass is 32.2. The van der Waals surface area contributed by atoms with Crippen LogP contribution in [0.25, 0.3) is 44.3 Å². The van der Waals surface area contributed by atoms with Crippen LogP contribution in [0.5, 0.6) is 5.75 Å². The van der Waals surface area contributed by atoms with Crippen LogP contribution in [0.15, 0.2) is 82.0 Å². The molecule has 2 heterocycles. The molecular weight excluding hydrogens is 616 g/mol. The number of methoxy groups -OCH3 is 1. The SMILES string of the molecule is CNC(=O)c1c(-c2ccc(F)cc2)oc2cc(N(C)S(C)=O)c(-c3ccc4nnn(Cc5ccc(F)cc5OC)c(=O)c4c3)cc12. The molecule has 46 heavy (non-hydrogen) atoms. The average molecular weight is 644 g/mol. The van der Waals surface area contributed by atoms with Crippen molar-refractivity contribution in [3.05, 3.63) is 106 Å². The molecule has 0 spiro atoms. The monoisotopic (exact) mass is 643 g/mol. The van der Waals surface area contributed by atoms with Gasteiger partial charge in [-0.05, 0) is 54.1 Å². The molecule has 234 valence electrons. The molecule has 1 amide bonds. The Bertz CT molecular complexity index is 2230. The number of amides is 1. The number of benzene rings is 4. The second kappa shape index (κ2) is 12.2. The third-order valence-corrected chi connectivity index (χ3v) is 8.66. The van der Waals surface area contributed by atoms with Crippen molar-refractivity contribution in [1.82, 2.24) is 20.3 Å². The van der Waals surface area contributed by atoms with Gasteiger partial charge in [0.1, 0.15) is 45.2 Å². The third-order valence-electron chi connectivity index (χ3n) is 7.69. The maximum atomic E-state index is 13.8. The van der Waals surface area contributed by atoms with Crippen molar-refractivity contribution < 1.29 is 26.9 Å². The summed E-state index contributed by atoms with van der Waals surface area (Å²) in [5, 5.41) is 11.6. The molecule has 0 aliphatic carbocycles. The quantitative estimate of drug-likeness (QED) is 0.239. The first-order valence-corrected chi connectivity index (χ1v) is 15.5. The number of hydrogen-bond donors (Lipinski definition) is 1. The molecule has 6 aromatic rings. The summed E-state index contributed by atoms with van der Waals surface area (Å²) in [6.07, 6.45) is 1.52. The Balaban J connectivity index is 1.56. The van der Waals surface area contributed by atoms with Crippen LogP contribution in [-0.2, 0) is 17.5 Å². The number of halogens is 2. The molecule has 0 bridgehead atoms. The second-order valence-electron chi connectivity index (χ2n) is 10.4. The van der Waals surface area contributed by atoms with Crippen molar-refractivity contribution in [3.8, 4) is 28.2 Å². The van der Waals surface area contributed by atoms with Gasteiger partial charge in [0.25, 0.3) is 11.5 Å². The molecule has 0 aliphatic heterocycles. The summed E-state index contributed by atoms with van der Waals surface area (Å²) in [7, 11) is 3.10. The molecule has 0 fully saturated rings. The van der Waals surface area contributed by atoms with Gasteiger partial charge in [-0.2, -0.15) is 0 Å². The van der Waals surface area contributed by atoms with Crippen molar-refractivity contribution in [3.63, 3.8) is 0 Å². The van der Waals surface area contributed by atoms with E-state index in [0.717, 1.165) is 4.68 Å². The fraction of sp³-hybridized carbons (Fsp3) is 0.152. The van der Waals surface area contributed by atoms with E-state index in [4.69, 9.17) is 9.15 Å². The van der Waals surface area contributed by atoms with Gasteiger partial charge >= 0.3 is 0 Å². The van der Waals surface area contributed by atoms with Crippen molar-refractivity contribution >= 4 is 44.5 Å². The van der Waals surface area contributed by atoms with Crippen LogP contribution in [0, 0.1) is 11.6 Å². The van der Waals surface area contributed by atoms with Gasteiger partial charge in [0.2, 0.25) is 0 Å². The fourth-order valence-electron chi connectivity index (χ4n) is 5.28. The van der Waals surface area contributed by atoms with Crippen molar-refractivity contribution in [1.29, 1.82) is 0 Å². The zero-order valence-corrected chi connectivity index (χ0v) is 25.9. The molecule has 1 unspecified atom stereocenters. The van der Waals surface area contributed by atoms with Crippen LogP contribution in [0.4, 0.5) is 14.5 Å². The van der Waals surface area contributed by atoms with Crippen molar-refractivity contribution in [2.75, 3.05) is 31.8 Å². The van der Waals surface area contributed by atoms with Crippen molar-refractivity contribution in [2.45, 2.75) is 6.54 Å². The summed E-state index contributed by atoms with van der Waals surface area (Å²) >= 11 is 0. The van der Waals surface area contributed by atoms with Gasteiger partial charge in [-0.25, -0.2) is 17.7 Å². The van der Waals surface area contributed by atoms with Gasteiger partial charge in [0.15, 0.2) is 0 Å². The summed E-state index contributed by atoms with van der Waals surface area (Å²) in [5.41, 5.74) is 3.16. The number of hydrogen-bond acceptors (Lipinski definition) is 7. The largest absolute Gasteiger partial charge is 0.496 e. The Morgan fingerprint density at radius 2 is 1.72 bits per heavy atom. The highest BCUT2D eigenvalue weighted by molar-refractivity contribution is 7.85. The first-order valence-electron chi connectivity index (χ1n) is 14.0. The number of carbonyl (C=O) groups is 1. The van der Waals surface area contributed by atoms with Crippen LogP contribution in [0.3, 0.4) is 0 Å². The fourth-order valence-corrected chi connectivity index (χ4v) is 5.70. The first-order chi connectivity index (χ1) is 22.1. The van der Waals surface area contributed by atoms with E-state index in [9.17, 15) is 22.6 Å². The third kappa shape index (κ3) is 5.49. The predicted octanol–water partition coefficient (Wildman–Crippen LogP) is 5.30. The molecule has 4 aromatic carbocycles. The van der Waals surface area contributed by atoms with Gasteiger partial charge in [0, 0.05) is 54.6 Å². The number of ether oxygens (including phenoxy) is 1. The summed E-state index contributed by atoms with van der Waals surface area (Å²) in [6.45, 7) is -0.0130. The Kier molecular flexibility index (Phi) is 8.09. The molecule has 0 aliphatic rings. The Hall–Kier alpha value is -5.43. The van der Waals surface area contributed by atoms with Gasteiger partial charge < -0.3 is 14.5 Å². The molecule has 6 rings (SSSR count). The van der Waals surface area contributed by atoms with E-state index >= 15 is 0 Å². The lowest BCUT2D eigenvalue weighted by Gasteiger charge is -2.20. The molecule has 0 radical (unpaired) electrons. The summed E-state index contributed by atoms with van der Waals surface area (Å²) in [5.74, 6) is -0.824. The molecule has 0 saturated heterocycles. The van der Waals surface area contributed by atoms with E-state index in [0.29, 0.717) is 44.4 Å². The van der Waals surface area contributed by atoms with Gasteiger partial charge in [0.05, 0.1) is 30.3 Å². The normalized spacial score (nSPS) is 12.0. The highest BCUT2D eigenvalue weighted by Crippen LogP contribution is 2.41. The van der Waals surface area contributed by atoms with Crippen LogP contribution in [0.1, 0.15) is 15.9 Å². The van der Waals surface area contributed by atoms with Crippen molar-refractivity contribution in [2.24, 2.45) is 0 Å². The van der Waals surface area contributed by atoms with E-state index in [1.165, 1.54) is 62.9 Å². The second-order valence-corrected chi connectivity index (χ2v) is 11.8. The van der Waals surface area contributed by atoms with E-state index in [1.54, 1.807) is 41.7 Å². The summed E-state index contributed by atoms with van der Waals surface area (Å²) in [4.78, 5) is 26.9. The predicted molar refractivity (Wildman–Crippen MR) is 172 cm³/mol. The lowest BCUT2D eigenvalue weighted by molar-refractivity contribution is 0.0964. The maximum Gasteiger partial charge on any atom is 0.277 e. The van der Waals surface area contributed by atoms with E-state index < -0.39 is 34.1 Å². The highest BCUT2D eigenvalue weighted by Gasteiger charge is 2.25. The minimum atomic E-state index is -1.45. The first kappa shape index (κ1) is 30.6. The number of carbonyl (C=O) groups excluding carboxylic acids is 1. The lowest BCUT2D eigenvalue weighted by atomic mass is 9.97. The smallest absolute Gasteiger partial charge is 0.277 e. The van der Waals surface area contributed by atoms with Crippen LogP contribution >= 0.6 is 0 Å². The molecule has 0 saturated carbocycles. The van der Waals surface area contributed by atoms with Gasteiger partial charge in [-0.3, -0.25) is 13.9 Å². The Labute approximate surface area is 263 Å². The molecule has 1 atom stereocenters. The molecule has 1 N–H and O–H groups in total. The zero-order chi connectivity index (χ0) is 32.7. The van der Waals surface area contributed by atoms with E-state index in [-0.39, 0.29) is 29.0 Å². The Morgan fingerprint density at radius 1 is 1.00 bits per heavy atom.